The van der Waals surface area contributed by atoms with Gasteiger partial charge < -0.3 is 15.5 Å². The summed E-state index contributed by atoms with van der Waals surface area (Å²) in [6.07, 6.45) is 4.28. The van der Waals surface area contributed by atoms with Gasteiger partial charge in [0, 0.05) is 38.8 Å². The lowest BCUT2D eigenvalue weighted by molar-refractivity contribution is -0.128. The van der Waals surface area contributed by atoms with E-state index < -0.39 is 0 Å². The SMILES string of the molecule is CCNC(=NCc1cccc(CN2CCCC2=O)c1)NCCc1ccc(Cl)nc1. The first-order chi connectivity index (χ1) is 14.1. The summed E-state index contributed by atoms with van der Waals surface area (Å²) in [5, 5.41) is 7.14. The lowest BCUT2D eigenvalue weighted by atomic mass is 10.1. The average Bonchev–Trinajstić information content (AvgIpc) is 3.12. The standard InChI is InChI=1S/C22H28ClN5O/c1-2-24-22(25-11-10-17-8-9-20(23)26-14-17)27-15-18-5-3-6-19(13-18)16-28-12-4-7-21(28)29/h3,5-6,8-9,13-14H,2,4,7,10-12,15-16H2,1H3,(H2,24,25,27). The van der Waals surface area contributed by atoms with Crippen molar-refractivity contribution in [2.24, 2.45) is 4.99 Å². The zero-order chi connectivity index (χ0) is 20.5. The van der Waals surface area contributed by atoms with Crippen molar-refractivity contribution in [2.45, 2.75) is 39.3 Å². The van der Waals surface area contributed by atoms with Gasteiger partial charge in [-0.1, -0.05) is 41.9 Å². The minimum absolute atomic E-state index is 0.253. The minimum Gasteiger partial charge on any atom is -0.357 e. The van der Waals surface area contributed by atoms with E-state index >= 15 is 0 Å². The average molecular weight is 414 g/mol. The summed E-state index contributed by atoms with van der Waals surface area (Å²) < 4.78 is 0. The van der Waals surface area contributed by atoms with Crippen LogP contribution in [0.5, 0.6) is 0 Å². The topological polar surface area (TPSA) is 69.6 Å². The monoisotopic (exact) mass is 413 g/mol. The van der Waals surface area contributed by atoms with Crippen molar-refractivity contribution in [1.29, 1.82) is 0 Å². The highest BCUT2D eigenvalue weighted by Gasteiger charge is 2.19. The van der Waals surface area contributed by atoms with Gasteiger partial charge in [-0.3, -0.25) is 4.79 Å². The second kappa shape index (κ2) is 10.8. The predicted octanol–water partition coefficient (Wildman–Crippen LogP) is 3.16. The Morgan fingerprint density at radius 2 is 2.07 bits per heavy atom. The Morgan fingerprint density at radius 1 is 1.21 bits per heavy atom. The minimum atomic E-state index is 0.253. The first-order valence-corrected chi connectivity index (χ1v) is 10.5. The van der Waals surface area contributed by atoms with Crippen molar-refractivity contribution in [3.8, 4) is 0 Å². The Morgan fingerprint density at radius 3 is 2.79 bits per heavy atom. The van der Waals surface area contributed by atoms with Crippen molar-refractivity contribution >= 4 is 23.5 Å². The van der Waals surface area contributed by atoms with E-state index in [0.29, 0.717) is 24.7 Å². The van der Waals surface area contributed by atoms with Gasteiger partial charge in [0.1, 0.15) is 5.15 Å². The molecule has 29 heavy (non-hydrogen) atoms. The molecule has 0 bridgehead atoms. The molecule has 2 aromatic rings. The normalized spacial score (nSPS) is 14.3. The van der Waals surface area contributed by atoms with E-state index in [0.717, 1.165) is 55.1 Å². The van der Waals surface area contributed by atoms with Crippen LogP contribution in [0.1, 0.15) is 36.5 Å². The smallest absolute Gasteiger partial charge is 0.222 e. The number of hydrogen-bond donors (Lipinski definition) is 2. The van der Waals surface area contributed by atoms with Crippen LogP contribution >= 0.6 is 11.6 Å². The molecule has 0 saturated carbocycles. The molecule has 0 spiro atoms. The summed E-state index contributed by atoms with van der Waals surface area (Å²) in [7, 11) is 0. The number of carbonyl (C=O) groups is 1. The number of likely N-dealkylation sites (tertiary alicyclic amines) is 1. The summed E-state index contributed by atoms with van der Waals surface area (Å²) in [4.78, 5) is 22.6. The molecule has 1 aliphatic rings. The van der Waals surface area contributed by atoms with Crippen LogP contribution in [0.2, 0.25) is 5.15 Å². The third kappa shape index (κ3) is 6.75. The van der Waals surface area contributed by atoms with Crippen LogP contribution in [-0.4, -0.2) is 41.4 Å². The second-order valence-corrected chi connectivity index (χ2v) is 7.49. The van der Waals surface area contributed by atoms with Crippen molar-refractivity contribution in [2.75, 3.05) is 19.6 Å². The molecule has 6 nitrogen and oxygen atoms in total. The van der Waals surface area contributed by atoms with Gasteiger partial charge >= 0.3 is 0 Å². The van der Waals surface area contributed by atoms with Gasteiger partial charge in [0.05, 0.1) is 6.54 Å². The Balaban J connectivity index is 1.54. The molecular weight excluding hydrogens is 386 g/mol. The first-order valence-electron chi connectivity index (χ1n) is 10.1. The number of aliphatic imine (C=N–C) groups is 1. The van der Waals surface area contributed by atoms with Crippen molar-refractivity contribution < 1.29 is 4.79 Å². The fraction of sp³-hybridized carbons (Fsp3) is 0.409. The predicted molar refractivity (Wildman–Crippen MR) is 117 cm³/mol. The number of carbonyl (C=O) groups excluding carboxylic acids is 1. The maximum atomic E-state index is 11.8. The van der Waals surface area contributed by atoms with E-state index in [1.54, 1.807) is 12.3 Å². The van der Waals surface area contributed by atoms with Gasteiger partial charge in [0.15, 0.2) is 5.96 Å². The molecule has 0 atom stereocenters. The molecule has 2 N–H and O–H groups in total. The molecular formula is C22H28ClN5O. The highest BCUT2D eigenvalue weighted by molar-refractivity contribution is 6.29. The molecule has 1 saturated heterocycles. The molecule has 1 aliphatic heterocycles. The quantitative estimate of drug-likeness (QED) is 0.396. The van der Waals surface area contributed by atoms with E-state index in [-0.39, 0.29) is 5.91 Å². The molecule has 0 unspecified atom stereocenters. The van der Waals surface area contributed by atoms with E-state index in [1.165, 1.54) is 0 Å². The maximum Gasteiger partial charge on any atom is 0.222 e. The fourth-order valence-corrected chi connectivity index (χ4v) is 3.42. The second-order valence-electron chi connectivity index (χ2n) is 7.10. The van der Waals surface area contributed by atoms with Crippen LogP contribution in [0.25, 0.3) is 0 Å². The number of amides is 1. The molecule has 154 valence electrons. The van der Waals surface area contributed by atoms with Crippen molar-refractivity contribution in [3.05, 3.63) is 64.4 Å². The number of aromatic nitrogens is 1. The molecule has 2 heterocycles. The van der Waals surface area contributed by atoms with Gasteiger partial charge in [-0.2, -0.15) is 0 Å². The Hall–Kier alpha value is -2.60. The van der Waals surface area contributed by atoms with E-state index in [2.05, 4.69) is 33.8 Å². The number of halogens is 1. The summed E-state index contributed by atoms with van der Waals surface area (Å²) >= 11 is 5.83. The molecule has 0 aliphatic carbocycles. The Labute approximate surface area is 177 Å². The van der Waals surface area contributed by atoms with E-state index in [1.807, 2.05) is 24.0 Å². The number of guanidine groups is 1. The van der Waals surface area contributed by atoms with Gasteiger partial charge in [0.2, 0.25) is 5.91 Å². The van der Waals surface area contributed by atoms with Crippen molar-refractivity contribution in [1.82, 2.24) is 20.5 Å². The molecule has 1 aromatic carbocycles. The van der Waals surface area contributed by atoms with Crippen LogP contribution in [0, 0.1) is 0 Å². The highest BCUT2D eigenvalue weighted by Crippen LogP contribution is 2.15. The van der Waals surface area contributed by atoms with E-state index in [9.17, 15) is 4.79 Å². The number of nitrogens with one attached hydrogen (secondary N) is 2. The zero-order valence-corrected chi connectivity index (χ0v) is 17.6. The molecule has 7 heteroatoms. The number of nitrogens with zero attached hydrogens (tertiary/aromatic N) is 3. The van der Waals surface area contributed by atoms with Crippen LogP contribution in [-0.2, 0) is 24.3 Å². The third-order valence-corrected chi connectivity index (χ3v) is 5.02. The lowest BCUT2D eigenvalue weighted by Gasteiger charge is -2.16. The highest BCUT2D eigenvalue weighted by atomic mass is 35.5. The van der Waals surface area contributed by atoms with E-state index in [4.69, 9.17) is 16.6 Å². The van der Waals surface area contributed by atoms with Crippen molar-refractivity contribution in [3.63, 3.8) is 0 Å². The summed E-state index contributed by atoms with van der Waals surface area (Å²) in [6, 6.07) is 12.1. The largest absolute Gasteiger partial charge is 0.357 e. The molecule has 3 rings (SSSR count). The van der Waals surface area contributed by atoms with Gasteiger partial charge in [-0.05, 0) is 42.5 Å². The van der Waals surface area contributed by atoms with Crippen LogP contribution < -0.4 is 10.6 Å². The summed E-state index contributed by atoms with van der Waals surface area (Å²) in [5.41, 5.74) is 3.41. The number of pyridine rings is 1. The maximum absolute atomic E-state index is 11.8. The van der Waals surface area contributed by atoms with Crippen LogP contribution in [0.4, 0.5) is 0 Å². The Kier molecular flexibility index (Phi) is 7.87. The molecule has 1 amide bonds. The number of rotatable bonds is 8. The number of hydrogen-bond acceptors (Lipinski definition) is 3. The summed E-state index contributed by atoms with van der Waals surface area (Å²) in [6.45, 7) is 5.73. The first kappa shape index (κ1) is 21.1. The van der Waals surface area contributed by atoms with Crippen LogP contribution in [0.15, 0.2) is 47.6 Å². The fourth-order valence-electron chi connectivity index (χ4n) is 3.31. The number of benzene rings is 1. The molecule has 1 aromatic heterocycles. The van der Waals surface area contributed by atoms with Gasteiger partial charge in [-0.25, -0.2) is 9.98 Å². The summed E-state index contributed by atoms with van der Waals surface area (Å²) in [5.74, 6) is 1.04. The van der Waals surface area contributed by atoms with Crippen LogP contribution in [0.3, 0.4) is 0 Å². The molecule has 0 radical (unpaired) electrons. The third-order valence-electron chi connectivity index (χ3n) is 4.79. The Bertz CT molecular complexity index is 837. The lowest BCUT2D eigenvalue weighted by Crippen LogP contribution is -2.38. The van der Waals surface area contributed by atoms with Gasteiger partial charge in [-0.15, -0.1) is 0 Å². The zero-order valence-electron chi connectivity index (χ0n) is 16.8. The molecule has 1 fully saturated rings. The van der Waals surface area contributed by atoms with Gasteiger partial charge in [0.25, 0.3) is 0 Å².